The lowest BCUT2D eigenvalue weighted by molar-refractivity contribution is -0.169. The van der Waals surface area contributed by atoms with Crippen LogP contribution in [-0.4, -0.2) is 55.1 Å². The number of imidazole rings is 1. The van der Waals surface area contributed by atoms with E-state index in [0.717, 1.165) is 6.07 Å². The van der Waals surface area contributed by atoms with Gasteiger partial charge in [0.15, 0.2) is 23.3 Å². The van der Waals surface area contributed by atoms with Gasteiger partial charge in [-0.15, -0.1) is 0 Å². The van der Waals surface area contributed by atoms with Crippen molar-refractivity contribution in [1.29, 1.82) is 5.26 Å². The van der Waals surface area contributed by atoms with Crippen molar-refractivity contribution in [3.63, 3.8) is 0 Å². The third-order valence-corrected chi connectivity index (χ3v) is 5.73. The molecule has 178 valence electrons. The highest BCUT2D eigenvalue weighted by atomic mass is 35.5. The summed E-state index contributed by atoms with van der Waals surface area (Å²) in [6.45, 7) is 1.10. The minimum absolute atomic E-state index is 0.0403. The first kappa shape index (κ1) is 23.7. The SMILES string of the molecule is CC(Cc1ccc(C#N)c(F)c1)(OCC1CC(F)C(n2cnc3c(N)nc(Cl)nc32)O1)C(=O)O. The number of benzene rings is 1. The molecular formula is C21H19ClF2N6O4. The van der Waals surface area contributed by atoms with Gasteiger partial charge in [-0.1, -0.05) is 6.07 Å². The number of carbonyl (C=O) groups is 1. The average Bonchev–Trinajstić information content (AvgIpc) is 3.35. The first-order chi connectivity index (χ1) is 16.1. The first-order valence-corrected chi connectivity index (χ1v) is 10.5. The summed E-state index contributed by atoms with van der Waals surface area (Å²) >= 11 is 5.85. The number of carboxylic acids is 1. The van der Waals surface area contributed by atoms with E-state index in [1.54, 1.807) is 6.07 Å². The fraction of sp³-hybridized carbons (Fsp3) is 0.381. The molecule has 0 saturated carbocycles. The zero-order valence-electron chi connectivity index (χ0n) is 17.8. The summed E-state index contributed by atoms with van der Waals surface area (Å²) in [6, 6.07) is 5.51. The molecule has 3 N–H and O–H groups in total. The summed E-state index contributed by atoms with van der Waals surface area (Å²) in [5.41, 5.74) is 4.66. The molecule has 4 atom stereocenters. The van der Waals surface area contributed by atoms with Gasteiger partial charge in [-0.3, -0.25) is 4.57 Å². The Labute approximate surface area is 196 Å². The van der Waals surface area contributed by atoms with Gasteiger partial charge in [-0.2, -0.15) is 15.2 Å². The predicted octanol–water partition coefficient (Wildman–Crippen LogP) is 2.80. The second-order valence-corrected chi connectivity index (χ2v) is 8.39. The summed E-state index contributed by atoms with van der Waals surface area (Å²) in [5.74, 6) is -2.00. The molecule has 34 heavy (non-hydrogen) atoms. The number of alkyl halides is 1. The van der Waals surface area contributed by atoms with Crippen LogP contribution in [0.2, 0.25) is 5.28 Å². The molecule has 0 aliphatic carbocycles. The Hall–Kier alpha value is -3.40. The van der Waals surface area contributed by atoms with Gasteiger partial charge in [0.2, 0.25) is 5.28 Å². The number of aliphatic carboxylic acids is 1. The Morgan fingerprint density at radius 1 is 1.50 bits per heavy atom. The number of nitrogens with zero attached hydrogens (tertiary/aromatic N) is 5. The smallest absolute Gasteiger partial charge is 0.336 e. The number of rotatable bonds is 7. The van der Waals surface area contributed by atoms with Crippen LogP contribution in [-0.2, 0) is 20.7 Å². The summed E-state index contributed by atoms with van der Waals surface area (Å²) in [6.07, 6.45) is -2.28. The van der Waals surface area contributed by atoms with Gasteiger partial charge < -0.3 is 20.3 Å². The first-order valence-electron chi connectivity index (χ1n) is 10.1. The molecule has 1 aliphatic rings. The third kappa shape index (κ3) is 4.50. The molecule has 0 radical (unpaired) electrons. The van der Waals surface area contributed by atoms with Crippen LogP contribution >= 0.6 is 11.6 Å². The highest BCUT2D eigenvalue weighted by Crippen LogP contribution is 2.35. The fourth-order valence-corrected chi connectivity index (χ4v) is 3.93. The molecule has 0 spiro atoms. The molecule has 1 aliphatic heterocycles. The Morgan fingerprint density at radius 3 is 2.94 bits per heavy atom. The molecule has 13 heteroatoms. The van der Waals surface area contributed by atoms with Crippen LogP contribution in [0.15, 0.2) is 24.5 Å². The van der Waals surface area contributed by atoms with Gasteiger partial charge in [-0.25, -0.2) is 18.6 Å². The molecule has 4 rings (SSSR count). The molecule has 0 amide bonds. The number of nitrogen functional groups attached to an aromatic ring is 1. The molecule has 1 fully saturated rings. The van der Waals surface area contributed by atoms with Gasteiger partial charge in [0.1, 0.15) is 23.6 Å². The van der Waals surface area contributed by atoms with Crippen molar-refractivity contribution in [2.24, 2.45) is 0 Å². The Morgan fingerprint density at radius 2 is 2.26 bits per heavy atom. The number of nitriles is 1. The lowest BCUT2D eigenvalue weighted by atomic mass is 9.95. The molecule has 3 aromatic rings. The number of hydrogen-bond donors (Lipinski definition) is 2. The maximum absolute atomic E-state index is 14.9. The van der Waals surface area contributed by atoms with Crippen molar-refractivity contribution in [2.45, 2.75) is 43.9 Å². The third-order valence-electron chi connectivity index (χ3n) is 5.56. The van der Waals surface area contributed by atoms with E-state index in [9.17, 15) is 18.7 Å². The van der Waals surface area contributed by atoms with Gasteiger partial charge in [0.05, 0.1) is 24.6 Å². The number of hydrogen-bond acceptors (Lipinski definition) is 8. The second-order valence-electron chi connectivity index (χ2n) is 8.05. The summed E-state index contributed by atoms with van der Waals surface area (Å²) in [5, 5.41) is 18.5. The summed E-state index contributed by atoms with van der Waals surface area (Å²) in [7, 11) is 0. The molecule has 2 aromatic heterocycles. The largest absolute Gasteiger partial charge is 0.479 e. The van der Waals surface area contributed by atoms with Crippen LogP contribution < -0.4 is 5.73 Å². The van der Waals surface area contributed by atoms with Gasteiger partial charge in [-0.05, 0) is 36.2 Å². The molecule has 0 bridgehead atoms. The lowest BCUT2D eigenvalue weighted by Gasteiger charge is -2.27. The molecule has 10 nitrogen and oxygen atoms in total. The second kappa shape index (κ2) is 9.09. The topological polar surface area (TPSA) is 149 Å². The lowest BCUT2D eigenvalue weighted by Crippen LogP contribution is -2.42. The Bertz CT molecular complexity index is 1300. The van der Waals surface area contributed by atoms with Crippen molar-refractivity contribution < 1.29 is 28.2 Å². The van der Waals surface area contributed by atoms with Crippen molar-refractivity contribution in [2.75, 3.05) is 12.3 Å². The number of nitrogens with two attached hydrogens (primary N) is 1. The molecule has 1 aromatic carbocycles. The number of aromatic nitrogens is 4. The van der Waals surface area contributed by atoms with E-state index >= 15 is 0 Å². The number of fused-ring (bicyclic) bond motifs is 1. The van der Waals surface area contributed by atoms with E-state index in [1.165, 1.54) is 30.0 Å². The number of halogens is 3. The maximum atomic E-state index is 14.9. The quantitative estimate of drug-likeness (QED) is 0.474. The zero-order valence-corrected chi connectivity index (χ0v) is 18.5. The highest BCUT2D eigenvalue weighted by molar-refractivity contribution is 6.28. The van der Waals surface area contributed by atoms with Gasteiger partial charge in [0.25, 0.3) is 0 Å². The van der Waals surface area contributed by atoms with Gasteiger partial charge in [0, 0.05) is 12.8 Å². The van der Waals surface area contributed by atoms with Crippen molar-refractivity contribution in [1.82, 2.24) is 19.5 Å². The van der Waals surface area contributed by atoms with E-state index in [-0.39, 0.29) is 47.3 Å². The highest BCUT2D eigenvalue weighted by Gasteiger charge is 2.41. The fourth-order valence-electron chi connectivity index (χ4n) is 3.76. The maximum Gasteiger partial charge on any atom is 0.336 e. The number of ether oxygens (including phenoxy) is 2. The minimum Gasteiger partial charge on any atom is -0.479 e. The van der Waals surface area contributed by atoms with Crippen LogP contribution in [0, 0.1) is 17.1 Å². The summed E-state index contributed by atoms with van der Waals surface area (Å²) < 4.78 is 41.5. The monoisotopic (exact) mass is 492 g/mol. The molecular weight excluding hydrogens is 474 g/mol. The van der Waals surface area contributed by atoms with Crippen molar-refractivity contribution in [3.8, 4) is 6.07 Å². The zero-order chi connectivity index (χ0) is 24.6. The standard InChI is InChI=1S/C21H19ClF2N6O4/c1-21(19(31)32,6-10-2-3-11(7-25)13(23)4-10)33-8-12-5-14(24)18(34-12)30-9-27-15-16(26)28-20(22)29-17(15)30/h2-4,9,12,14,18H,5-6,8H2,1H3,(H,31,32)(H2,26,28,29). The Kier molecular flexibility index (Phi) is 6.35. The molecule has 4 unspecified atom stereocenters. The number of carboxylic acid groups (broad SMARTS) is 1. The van der Waals surface area contributed by atoms with E-state index in [4.69, 9.17) is 32.1 Å². The van der Waals surface area contributed by atoms with Crippen LogP contribution in [0.4, 0.5) is 14.6 Å². The molecule has 3 heterocycles. The van der Waals surface area contributed by atoms with Crippen LogP contribution in [0.25, 0.3) is 11.2 Å². The van der Waals surface area contributed by atoms with E-state index in [1.807, 2.05) is 0 Å². The number of anilines is 1. The van der Waals surface area contributed by atoms with Gasteiger partial charge >= 0.3 is 5.97 Å². The van der Waals surface area contributed by atoms with E-state index in [2.05, 4.69) is 15.0 Å². The van der Waals surface area contributed by atoms with Crippen LogP contribution in [0.3, 0.4) is 0 Å². The summed E-state index contributed by atoms with van der Waals surface area (Å²) in [4.78, 5) is 23.9. The molecule has 1 saturated heterocycles. The van der Waals surface area contributed by atoms with Crippen molar-refractivity contribution >= 4 is 34.6 Å². The van der Waals surface area contributed by atoms with Crippen LogP contribution in [0.1, 0.15) is 30.7 Å². The average molecular weight is 493 g/mol. The minimum atomic E-state index is -1.75. The normalized spacial score (nSPS) is 21.9. The van der Waals surface area contributed by atoms with Crippen molar-refractivity contribution in [3.05, 3.63) is 46.8 Å². The van der Waals surface area contributed by atoms with E-state index < -0.39 is 35.9 Å². The Balaban J connectivity index is 1.47. The predicted molar refractivity (Wildman–Crippen MR) is 115 cm³/mol. The van der Waals surface area contributed by atoms with Crippen LogP contribution in [0.5, 0.6) is 0 Å². The van der Waals surface area contributed by atoms with E-state index in [0.29, 0.717) is 5.56 Å².